The quantitative estimate of drug-likeness (QED) is 0.664. The predicted molar refractivity (Wildman–Crippen MR) is 112 cm³/mol. The molecule has 150 valence electrons. The third-order valence-corrected chi connectivity index (χ3v) is 5.03. The second-order valence-electron chi connectivity index (χ2n) is 7.35. The van der Waals surface area contributed by atoms with Crippen molar-refractivity contribution in [3.63, 3.8) is 0 Å². The summed E-state index contributed by atoms with van der Waals surface area (Å²) in [7, 11) is 0. The van der Waals surface area contributed by atoms with Crippen molar-refractivity contribution < 1.29 is 14.7 Å². The van der Waals surface area contributed by atoms with Gasteiger partial charge in [-0.15, -0.1) is 0 Å². The lowest BCUT2D eigenvalue weighted by Gasteiger charge is -2.10. The van der Waals surface area contributed by atoms with E-state index in [-0.39, 0.29) is 12.3 Å². The van der Waals surface area contributed by atoms with Crippen LogP contribution in [0.3, 0.4) is 0 Å². The Balaban J connectivity index is 1.71. The van der Waals surface area contributed by atoms with Crippen LogP contribution in [0.2, 0.25) is 0 Å². The van der Waals surface area contributed by atoms with Gasteiger partial charge in [0.05, 0.1) is 18.7 Å². The molecule has 6 heteroatoms. The van der Waals surface area contributed by atoms with E-state index in [4.69, 9.17) is 5.11 Å². The highest BCUT2D eigenvalue weighted by Gasteiger charge is 2.15. The van der Waals surface area contributed by atoms with E-state index in [0.29, 0.717) is 12.1 Å². The van der Waals surface area contributed by atoms with Crippen molar-refractivity contribution in [3.8, 4) is 0 Å². The summed E-state index contributed by atoms with van der Waals surface area (Å²) >= 11 is 0. The first-order valence-electron chi connectivity index (χ1n) is 9.47. The lowest BCUT2D eigenvalue weighted by atomic mass is 10.1. The van der Waals surface area contributed by atoms with Crippen LogP contribution in [0.1, 0.15) is 44.0 Å². The summed E-state index contributed by atoms with van der Waals surface area (Å²) < 4.78 is 1.82. The fourth-order valence-corrected chi connectivity index (χ4v) is 3.43. The normalized spacial score (nSPS) is 10.8. The molecular weight excluding hydrogens is 366 g/mol. The average molecular weight is 391 g/mol. The summed E-state index contributed by atoms with van der Waals surface area (Å²) in [6.07, 6.45) is -0.0267. The van der Waals surface area contributed by atoms with Gasteiger partial charge in [-0.05, 0) is 57.0 Å². The van der Waals surface area contributed by atoms with E-state index >= 15 is 0 Å². The number of aliphatic carboxylic acids is 1. The van der Waals surface area contributed by atoms with E-state index in [9.17, 15) is 9.59 Å². The number of nitrogens with one attached hydrogen (secondary N) is 1. The smallest absolute Gasteiger partial charge is 0.307 e. The van der Waals surface area contributed by atoms with Crippen LogP contribution >= 0.6 is 0 Å². The van der Waals surface area contributed by atoms with Crippen LogP contribution in [0.5, 0.6) is 0 Å². The van der Waals surface area contributed by atoms with Crippen LogP contribution in [0.4, 0.5) is 5.69 Å². The van der Waals surface area contributed by atoms with Crippen LogP contribution in [-0.2, 0) is 17.8 Å². The van der Waals surface area contributed by atoms with Gasteiger partial charge in [0.25, 0.3) is 5.91 Å². The van der Waals surface area contributed by atoms with Crippen molar-refractivity contribution in [2.75, 3.05) is 5.32 Å². The highest BCUT2D eigenvalue weighted by atomic mass is 16.4. The maximum absolute atomic E-state index is 12.5. The molecule has 0 aliphatic carbocycles. The van der Waals surface area contributed by atoms with Gasteiger partial charge >= 0.3 is 5.97 Å². The van der Waals surface area contributed by atoms with Gasteiger partial charge in [-0.3, -0.25) is 14.3 Å². The lowest BCUT2D eigenvalue weighted by Crippen LogP contribution is -2.13. The highest BCUT2D eigenvalue weighted by Crippen LogP contribution is 2.18. The molecule has 0 atom stereocenters. The molecule has 1 heterocycles. The third-order valence-electron chi connectivity index (χ3n) is 5.03. The van der Waals surface area contributed by atoms with Gasteiger partial charge in [0.1, 0.15) is 0 Å². The molecule has 2 N–H and O–H groups in total. The standard InChI is InChI=1S/C23H25N3O3/c1-14-5-10-20(15(2)11-14)23(29)24-19-8-6-18(7-9-19)13-26-17(4)21(12-22(27)28)16(3)25-26/h5-11H,12-13H2,1-4H3,(H,24,29)(H,27,28). The van der Waals surface area contributed by atoms with Crippen molar-refractivity contribution in [2.45, 2.75) is 40.7 Å². The minimum atomic E-state index is -0.861. The van der Waals surface area contributed by atoms with Gasteiger partial charge in [-0.2, -0.15) is 5.10 Å². The zero-order chi connectivity index (χ0) is 21.1. The molecule has 2 aromatic carbocycles. The van der Waals surface area contributed by atoms with Crippen LogP contribution in [0.25, 0.3) is 0 Å². The molecule has 0 fully saturated rings. The monoisotopic (exact) mass is 391 g/mol. The number of rotatable bonds is 6. The van der Waals surface area contributed by atoms with Gasteiger partial charge in [0.2, 0.25) is 0 Å². The number of hydrogen-bond donors (Lipinski definition) is 2. The van der Waals surface area contributed by atoms with E-state index in [0.717, 1.165) is 39.3 Å². The number of aromatic nitrogens is 2. The molecule has 1 aromatic heterocycles. The number of carbonyl (C=O) groups is 2. The predicted octanol–water partition coefficient (Wildman–Crippen LogP) is 4.04. The molecule has 0 aliphatic rings. The molecule has 1 amide bonds. The van der Waals surface area contributed by atoms with Crippen molar-refractivity contribution in [1.29, 1.82) is 0 Å². The first-order valence-corrected chi connectivity index (χ1v) is 9.47. The second-order valence-corrected chi connectivity index (χ2v) is 7.35. The molecule has 29 heavy (non-hydrogen) atoms. The second kappa shape index (κ2) is 8.31. The first-order chi connectivity index (χ1) is 13.7. The Bertz CT molecular complexity index is 1070. The summed E-state index contributed by atoms with van der Waals surface area (Å²) in [5, 5.41) is 16.5. The number of amides is 1. The molecule has 0 aliphatic heterocycles. The van der Waals surface area contributed by atoms with Crippen molar-refractivity contribution >= 4 is 17.6 Å². The minimum absolute atomic E-state index is 0.0267. The Morgan fingerprint density at radius 1 is 1.03 bits per heavy atom. The SMILES string of the molecule is Cc1ccc(C(=O)Nc2ccc(Cn3nc(C)c(CC(=O)O)c3C)cc2)c(C)c1. The summed E-state index contributed by atoms with van der Waals surface area (Å²) in [6, 6.07) is 13.4. The molecule has 6 nitrogen and oxygen atoms in total. The number of anilines is 1. The molecule has 0 spiro atoms. The fraction of sp³-hybridized carbons (Fsp3) is 0.261. The summed E-state index contributed by atoms with van der Waals surface area (Å²) in [5.74, 6) is -0.994. The van der Waals surface area contributed by atoms with Crippen LogP contribution in [0, 0.1) is 27.7 Å². The first kappa shape index (κ1) is 20.3. The molecule has 3 aromatic rings. The minimum Gasteiger partial charge on any atom is -0.481 e. The zero-order valence-corrected chi connectivity index (χ0v) is 17.1. The zero-order valence-electron chi connectivity index (χ0n) is 17.1. The van der Waals surface area contributed by atoms with Crippen molar-refractivity contribution in [2.24, 2.45) is 0 Å². The van der Waals surface area contributed by atoms with Crippen molar-refractivity contribution in [1.82, 2.24) is 9.78 Å². The Morgan fingerprint density at radius 3 is 2.34 bits per heavy atom. The van der Waals surface area contributed by atoms with Gasteiger partial charge in [-0.1, -0.05) is 29.8 Å². The summed E-state index contributed by atoms with van der Waals surface area (Å²) in [4.78, 5) is 23.6. The number of benzene rings is 2. The third kappa shape index (κ3) is 4.71. The van der Waals surface area contributed by atoms with E-state index in [1.54, 1.807) is 0 Å². The number of carbonyl (C=O) groups excluding carboxylic acids is 1. The molecule has 0 radical (unpaired) electrons. The number of carboxylic acid groups (broad SMARTS) is 1. The van der Waals surface area contributed by atoms with E-state index < -0.39 is 5.97 Å². The van der Waals surface area contributed by atoms with Crippen LogP contribution in [0.15, 0.2) is 42.5 Å². The van der Waals surface area contributed by atoms with Gasteiger partial charge < -0.3 is 10.4 Å². The molecule has 0 saturated carbocycles. The van der Waals surface area contributed by atoms with Gasteiger partial charge in [-0.25, -0.2) is 0 Å². The maximum atomic E-state index is 12.5. The number of carboxylic acids is 1. The Kier molecular flexibility index (Phi) is 5.82. The molecular formula is C23H25N3O3. The van der Waals surface area contributed by atoms with Gasteiger partial charge in [0.15, 0.2) is 0 Å². The molecule has 0 bridgehead atoms. The highest BCUT2D eigenvalue weighted by molar-refractivity contribution is 6.05. The van der Waals surface area contributed by atoms with Crippen LogP contribution in [-0.4, -0.2) is 26.8 Å². The molecule has 0 saturated heterocycles. The fourth-order valence-electron chi connectivity index (χ4n) is 3.43. The maximum Gasteiger partial charge on any atom is 0.307 e. The molecule has 0 unspecified atom stereocenters. The van der Waals surface area contributed by atoms with E-state index in [1.165, 1.54) is 0 Å². The summed E-state index contributed by atoms with van der Waals surface area (Å²) in [5.41, 5.74) is 6.82. The van der Waals surface area contributed by atoms with Crippen molar-refractivity contribution in [3.05, 3.63) is 81.7 Å². The Labute approximate surface area is 170 Å². The van der Waals surface area contributed by atoms with Gasteiger partial charge in [0, 0.05) is 22.5 Å². The van der Waals surface area contributed by atoms with Crippen LogP contribution < -0.4 is 5.32 Å². The topological polar surface area (TPSA) is 84.2 Å². The number of aryl methyl sites for hydroxylation is 3. The summed E-state index contributed by atoms with van der Waals surface area (Å²) in [6.45, 7) is 8.18. The van der Waals surface area contributed by atoms with E-state index in [1.807, 2.05) is 74.8 Å². The molecule has 3 rings (SSSR count). The number of hydrogen-bond acceptors (Lipinski definition) is 3. The number of nitrogens with zero attached hydrogens (tertiary/aromatic N) is 2. The average Bonchev–Trinajstić information content (AvgIpc) is 2.90. The van der Waals surface area contributed by atoms with E-state index in [2.05, 4.69) is 10.4 Å². The lowest BCUT2D eigenvalue weighted by molar-refractivity contribution is -0.136. The Hall–Kier alpha value is -3.41. The Morgan fingerprint density at radius 2 is 1.72 bits per heavy atom. The largest absolute Gasteiger partial charge is 0.481 e.